The monoisotopic (exact) mass is 888 g/mol. The second kappa shape index (κ2) is 24.2. The lowest BCUT2D eigenvalue weighted by atomic mass is 9.84. The average Bonchev–Trinajstić information content (AvgIpc) is 3.79. The SMILES string of the molecule is C[C@@H](O)[C@H](NC(=O)[C@H](Cc1ccc(O)cc1)NC(=O)[C@H](CC1CCCCC1)NC(=O)[C@H](Cc1cnc[nH]1)NC(=O)[C@H](CC1CCCCC1)NC(=O)[C@@H](N)Cc1ccc(O)cc1)C(=O)O. The zero-order valence-electron chi connectivity index (χ0n) is 36.3. The summed E-state index contributed by atoms with van der Waals surface area (Å²) in [5.41, 5.74) is 8.08. The van der Waals surface area contributed by atoms with E-state index in [1.807, 2.05) is 0 Å². The Kier molecular flexibility index (Phi) is 18.5. The molecule has 64 heavy (non-hydrogen) atoms. The van der Waals surface area contributed by atoms with Crippen LogP contribution in [0, 0.1) is 11.8 Å². The minimum Gasteiger partial charge on any atom is -0.508 e. The highest BCUT2D eigenvalue weighted by Gasteiger charge is 2.36. The van der Waals surface area contributed by atoms with Crippen LogP contribution in [0.15, 0.2) is 61.1 Å². The van der Waals surface area contributed by atoms with Crippen molar-refractivity contribution in [1.82, 2.24) is 36.6 Å². The number of aliphatic carboxylic acids is 1. The zero-order chi connectivity index (χ0) is 46.2. The third kappa shape index (κ3) is 15.4. The summed E-state index contributed by atoms with van der Waals surface area (Å²) in [4.78, 5) is 89.5. The number of carbonyl (C=O) groups is 6. The second-order valence-electron chi connectivity index (χ2n) is 17.4. The molecule has 5 rings (SSSR count). The van der Waals surface area contributed by atoms with Gasteiger partial charge in [0.05, 0.1) is 18.5 Å². The number of aromatic hydroxyl groups is 2. The Morgan fingerprint density at radius 1 is 0.625 bits per heavy atom. The number of phenols is 2. The topological polar surface area (TPSA) is 298 Å². The minimum absolute atomic E-state index is 0.0299. The molecule has 2 saturated carbocycles. The van der Waals surface area contributed by atoms with Crippen LogP contribution in [0.25, 0.3) is 0 Å². The lowest BCUT2D eigenvalue weighted by Gasteiger charge is -2.31. The van der Waals surface area contributed by atoms with Gasteiger partial charge in [0.15, 0.2) is 6.04 Å². The van der Waals surface area contributed by atoms with E-state index in [0.717, 1.165) is 64.2 Å². The quantitative estimate of drug-likeness (QED) is 0.0691. The van der Waals surface area contributed by atoms with Crippen molar-refractivity contribution in [3.8, 4) is 11.5 Å². The Balaban J connectivity index is 1.38. The van der Waals surface area contributed by atoms with E-state index in [1.165, 1.54) is 43.7 Å². The van der Waals surface area contributed by atoms with Crippen molar-refractivity contribution in [2.45, 2.75) is 146 Å². The summed E-state index contributed by atoms with van der Waals surface area (Å²) in [6.45, 7) is 1.21. The maximum atomic E-state index is 14.5. The number of carboxylic acid groups (broad SMARTS) is 1. The molecule has 3 aromatic rings. The molecule has 12 N–H and O–H groups in total. The van der Waals surface area contributed by atoms with E-state index in [0.29, 0.717) is 23.2 Å². The van der Waals surface area contributed by atoms with Crippen LogP contribution in [0.1, 0.15) is 101 Å². The number of nitrogens with two attached hydrogens (primary N) is 1. The number of amides is 5. The number of H-pyrrole nitrogens is 1. The number of hydrogen-bond donors (Lipinski definition) is 11. The van der Waals surface area contributed by atoms with Crippen LogP contribution in [0.5, 0.6) is 11.5 Å². The summed E-state index contributed by atoms with van der Waals surface area (Å²) in [5, 5.41) is 52.9. The third-order valence-electron chi connectivity index (χ3n) is 12.2. The minimum atomic E-state index is -1.68. The van der Waals surface area contributed by atoms with Crippen molar-refractivity contribution >= 4 is 35.5 Å². The fraction of sp³-hybridized carbons (Fsp3) is 0.543. The number of aliphatic hydroxyl groups is 1. The highest BCUT2D eigenvalue weighted by molar-refractivity contribution is 5.96. The highest BCUT2D eigenvalue weighted by Crippen LogP contribution is 2.29. The van der Waals surface area contributed by atoms with Crippen LogP contribution in [-0.2, 0) is 48.0 Å². The molecule has 0 radical (unpaired) electrons. The van der Waals surface area contributed by atoms with Gasteiger partial charge in [-0.05, 0) is 73.4 Å². The number of aliphatic hydroxyl groups excluding tert-OH is 1. The standard InChI is InChI=1S/C46H64N8O10/c1-27(55)40(46(63)64)54-45(62)38(23-31-14-18-34(57)19-15-31)52-43(60)37(22-29-10-6-3-7-11-29)51-44(61)39(24-32-25-48-26-49-32)53-42(59)36(21-28-8-4-2-5-9-28)50-41(58)35(47)20-30-12-16-33(56)17-13-30/h12-19,25-29,35-40,55-57H,2-11,20-24,47H2,1H3,(H,48,49)(H,50,58)(H,51,61)(H,52,60)(H,53,59)(H,54,62)(H,63,64)/t27-,35+,36+,37+,38+,39+,40+/m1/s1. The van der Waals surface area contributed by atoms with E-state index in [-0.39, 0.29) is 49.0 Å². The van der Waals surface area contributed by atoms with Crippen molar-refractivity contribution in [3.05, 3.63) is 77.9 Å². The van der Waals surface area contributed by atoms with Crippen LogP contribution in [0.4, 0.5) is 0 Å². The van der Waals surface area contributed by atoms with Crippen molar-refractivity contribution < 1.29 is 49.2 Å². The summed E-state index contributed by atoms with van der Waals surface area (Å²) in [5.74, 6) is -4.75. The molecule has 0 unspecified atom stereocenters. The number of benzene rings is 2. The fourth-order valence-electron chi connectivity index (χ4n) is 8.59. The summed E-state index contributed by atoms with van der Waals surface area (Å²) in [6.07, 6.45) is 11.3. The second-order valence-corrected chi connectivity index (χ2v) is 17.4. The summed E-state index contributed by atoms with van der Waals surface area (Å²) < 4.78 is 0. The predicted octanol–water partition coefficient (Wildman–Crippen LogP) is 2.01. The summed E-state index contributed by atoms with van der Waals surface area (Å²) >= 11 is 0. The number of hydrogen-bond acceptors (Lipinski definition) is 11. The van der Waals surface area contributed by atoms with Crippen LogP contribution in [0.2, 0.25) is 0 Å². The van der Waals surface area contributed by atoms with Crippen LogP contribution < -0.4 is 32.3 Å². The Hall–Kier alpha value is -6.01. The first-order valence-electron chi connectivity index (χ1n) is 22.4. The predicted molar refractivity (Wildman–Crippen MR) is 235 cm³/mol. The molecule has 2 aromatic carbocycles. The largest absolute Gasteiger partial charge is 0.508 e. The molecule has 0 spiro atoms. The first-order chi connectivity index (χ1) is 30.6. The molecule has 0 aliphatic heterocycles. The molecular formula is C46H64N8O10. The van der Waals surface area contributed by atoms with E-state index in [2.05, 4.69) is 36.6 Å². The summed E-state index contributed by atoms with van der Waals surface area (Å²) in [6, 6.07) is 4.63. The lowest BCUT2D eigenvalue weighted by molar-refractivity contribution is -0.145. The van der Waals surface area contributed by atoms with Crippen LogP contribution in [0.3, 0.4) is 0 Å². The summed E-state index contributed by atoms with van der Waals surface area (Å²) in [7, 11) is 0. The maximum Gasteiger partial charge on any atom is 0.328 e. The van der Waals surface area contributed by atoms with Gasteiger partial charge in [0.1, 0.15) is 35.7 Å². The zero-order valence-corrected chi connectivity index (χ0v) is 36.3. The molecule has 1 heterocycles. The molecule has 18 heteroatoms. The number of rotatable bonds is 22. The fourth-order valence-corrected chi connectivity index (χ4v) is 8.59. The van der Waals surface area contributed by atoms with E-state index in [4.69, 9.17) is 5.73 Å². The highest BCUT2D eigenvalue weighted by atomic mass is 16.4. The molecular weight excluding hydrogens is 825 g/mol. The van der Waals surface area contributed by atoms with Crippen molar-refractivity contribution in [1.29, 1.82) is 0 Å². The molecule has 5 amide bonds. The van der Waals surface area contributed by atoms with Gasteiger partial charge in [-0.1, -0.05) is 88.5 Å². The molecule has 2 fully saturated rings. The van der Waals surface area contributed by atoms with Crippen LogP contribution >= 0.6 is 0 Å². The van der Waals surface area contributed by atoms with Gasteiger partial charge < -0.3 is 57.7 Å². The normalized spacial score (nSPS) is 17.9. The van der Waals surface area contributed by atoms with Crippen molar-refractivity contribution in [3.63, 3.8) is 0 Å². The number of imidazole rings is 1. The van der Waals surface area contributed by atoms with E-state index >= 15 is 0 Å². The number of phenolic OH excluding ortho intramolecular Hbond substituents is 2. The van der Waals surface area contributed by atoms with Gasteiger partial charge >= 0.3 is 5.97 Å². The lowest BCUT2D eigenvalue weighted by Crippen LogP contribution is -2.60. The maximum absolute atomic E-state index is 14.5. The van der Waals surface area contributed by atoms with Crippen molar-refractivity contribution in [2.24, 2.45) is 17.6 Å². The number of carboxylic acids is 1. The molecule has 2 aliphatic carbocycles. The smallest absolute Gasteiger partial charge is 0.328 e. The number of aromatic amines is 1. The number of nitrogens with zero attached hydrogens (tertiary/aromatic N) is 1. The molecule has 7 atom stereocenters. The number of nitrogens with one attached hydrogen (secondary N) is 6. The van der Waals surface area contributed by atoms with Gasteiger partial charge in [0.2, 0.25) is 29.5 Å². The number of carbonyl (C=O) groups excluding carboxylic acids is 5. The molecule has 18 nitrogen and oxygen atoms in total. The van der Waals surface area contributed by atoms with Gasteiger partial charge in [-0.2, -0.15) is 0 Å². The molecule has 0 bridgehead atoms. The van der Waals surface area contributed by atoms with E-state index < -0.39 is 77.9 Å². The van der Waals surface area contributed by atoms with E-state index in [1.54, 1.807) is 24.3 Å². The molecule has 0 saturated heterocycles. The Bertz CT molecular complexity index is 1980. The Morgan fingerprint density at radius 2 is 1.05 bits per heavy atom. The molecule has 348 valence electrons. The Morgan fingerprint density at radius 3 is 1.50 bits per heavy atom. The first-order valence-corrected chi connectivity index (χ1v) is 22.4. The van der Waals surface area contributed by atoms with Gasteiger partial charge in [-0.25, -0.2) is 9.78 Å². The third-order valence-corrected chi connectivity index (χ3v) is 12.2. The molecule has 1 aromatic heterocycles. The molecule has 2 aliphatic rings. The van der Waals surface area contributed by atoms with Crippen LogP contribution in [-0.4, -0.2) is 108 Å². The van der Waals surface area contributed by atoms with Gasteiger partial charge in [0.25, 0.3) is 0 Å². The van der Waals surface area contributed by atoms with Gasteiger partial charge in [-0.15, -0.1) is 0 Å². The van der Waals surface area contributed by atoms with Gasteiger partial charge in [0, 0.05) is 24.7 Å². The first kappa shape index (κ1) is 49.0. The Labute approximate surface area is 373 Å². The van der Waals surface area contributed by atoms with Crippen molar-refractivity contribution in [2.75, 3.05) is 0 Å². The van der Waals surface area contributed by atoms with E-state index in [9.17, 15) is 49.2 Å². The number of aromatic nitrogens is 2. The average molecular weight is 889 g/mol. The van der Waals surface area contributed by atoms with Gasteiger partial charge in [-0.3, -0.25) is 24.0 Å².